The molecule has 17 heavy (non-hydrogen) atoms. The largest absolute Gasteiger partial charge is 0.393 e. The predicted molar refractivity (Wildman–Crippen MR) is 57.5 cm³/mol. The summed E-state index contributed by atoms with van der Waals surface area (Å²) in [6.45, 7) is 0. The maximum absolute atomic E-state index is 11.8. The smallest absolute Gasteiger partial charge is 0.318 e. The lowest BCUT2D eigenvalue weighted by Gasteiger charge is -2.28. The molecule has 4 bridgehead atoms. The van der Waals surface area contributed by atoms with Gasteiger partial charge in [0.2, 0.25) is 0 Å². The monoisotopic (exact) mass is 230 g/mol. The molecule has 1 aliphatic heterocycles. The number of rotatable bonds is 0. The molecule has 0 amide bonds. The topological polar surface area (TPSA) is 43.4 Å². The van der Waals surface area contributed by atoms with E-state index in [1.807, 2.05) is 0 Å². The Morgan fingerprint density at radius 2 is 1.35 bits per heavy atom. The molecule has 4 aliphatic carbocycles. The van der Waals surface area contributed by atoms with Gasteiger partial charge in [0.1, 0.15) is 0 Å². The molecule has 0 N–H and O–H groups in total. The Labute approximate surface area is 99.2 Å². The third kappa shape index (κ3) is 0.791. The number of esters is 2. The number of hydrogen-bond acceptors (Lipinski definition) is 3. The van der Waals surface area contributed by atoms with Crippen LogP contribution < -0.4 is 0 Å². The Morgan fingerprint density at radius 1 is 0.824 bits per heavy atom. The van der Waals surface area contributed by atoms with Crippen molar-refractivity contribution in [3.63, 3.8) is 0 Å². The predicted octanol–water partition coefficient (Wildman–Crippen LogP) is 1.68. The van der Waals surface area contributed by atoms with Crippen molar-refractivity contribution in [2.24, 2.45) is 35.5 Å². The van der Waals surface area contributed by atoms with Gasteiger partial charge in [-0.3, -0.25) is 9.59 Å². The molecule has 88 valence electrons. The second-order valence-electron chi connectivity index (χ2n) is 6.36. The van der Waals surface area contributed by atoms with Gasteiger partial charge in [0.15, 0.2) is 0 Å². The molecular formula is C14H14O3. The number of cyclic esters (lactones) is 2. The summed E-state index contributed by atoms with van der Waals surface area (Å²) in [6, 6.07) is 0. The number of carbonyl (C=O) groups is 2. The summed E-state index contributed by atoms with van der Waals surface area (Å²) in [6.07, 6.45) is 4.99. The van der Waals surface area contributed by atoms with E-state index < -0.39 is 0 Å². The zero-order valence-electron chi connectivity index (χ0n) is 9.52. The van der Waals surface area contributed by atoms with Crippen molar-refractivity contribution < 1.29 is 14.3 Å². The van der Waals surface area contributed by atoms with Crippen LogP contribution in [0.15, 0.2) is 11.1 Å². The van der Waals surface area contributed by atoms with E-state index in [9.17, 15) is 9.59 Å². The molecule has 0 spiro atoms. The summed E-state index contributed by atoms with van der Waals surface area (Å²) in [4.78, 5) is 23.6. The minimum Gasteiger partial charge on any atom is -0.393 e. The van der Waals surface area contributed by atoms with Gasteiger partial charge in [0.05, 0.1) is 11.8 Å². The average Bonchev–Trinajstić information content (AvgIpc) is 3.03. The Morgan fingerprint density at radius 3 is 1.88 bits per heavy atom. The molecule has 5 rings (SSSR count). The Kier molecular flexibility index (Phi) is 1.31. The molecule has 1 heterocycles. The van der Waals surface area contributed by atoms with Crippen LogP contribution in [-0.2, 0) is 14.3 Å². The minimum absolute atomic E-state index is 0.106. The van der Waals surface area contributed by atoms with Crippen LogP contribution >= 0.6 is 0 Å². The molecule has 0 aromatic heterocycles. The van der Waals surface area contributed by atoms with Gasteiger partial charge in [0, 0.05) is 0 Å². The quantitative estimate of drug-likeness (QED) is 0.275. The Balaban J connectivity index is 1.69. The van der Waals surface area contributed by atoms with Crippen LogP contribution in [0.25, 0.3) is 0 Å². The lowest BCUT2D eigenvalue weighted by atomic mass is 9.72. The van der Waals surface area contributed by atoms with Crippen molar-refractivity contribution in [2.45, 2.75) is 25.7 Å². The van der Waals surface area contributed by atoms with Crippen LogP contribution in [0, 0.1) is 35.5 Å². The summed E-state index contributed by atoms with van der Waals surface area (Å²) in [5, 5.41) is 0. The van der Waals surface area contributed by atoms with E-state index in [0.717, 1.165) is 18.3 Å². The first-order chi connectivity index (χ1) is 8.25. The first-order valence-corrected chi connectivity index (χ1v) is 6.75. The summed E-state index contributed by atoms with van der Waals surface area (Å²) >= 11 is 0. The highest BCUT2D eigenvalue weighted by Crippen LogP contribution is 2.68. The van der Waals surface area contributed by atoms with Gasteiger partial charge in [-0.05, 0) is 49.4 Å². The number of carbonyl (C=O) groups excluding carboxylic acids is 2. The minimum atomic E-state index is -0.234. The van der Waals surface area contributed by atoms with E-state index in [1.54, 1.807) is 11.1 Å². The first-order valence-electron chi connectivity index (χ1n) is 6.75. The van der Waals surface area contributed by atoms with Gasteiger partial charge in [-0.1, -0.05) is 11.1 Å². The normalized spacial score (nSPS) is 53.4. The van der Waals surface area contributed by atoms with Gasteiger partial charge < -0.3 is 4.74 Å². The molecule has 0 radical (unpaired) electrons. The molecule has 0 unspecified atom stereocenters. The van der Waals surface area contributed by atoms with Gasteiger partial charge in [-0.15, -0.1) is 0 Å². The number of ether oxygens (including phenoxy) is 1. The van der Waals surface area contributed by atoms with Crippen LogP contribution in [0.2, 0.25) is 0 Å². The molecule has 5 aliphatic rings. The molecule has 3 heteroatoms. The third-order valence-electron chi connectivity index (χ3n) is 5.95. The summed E-state index contributed by atoms with van der Waals surface area (Å²) in [5.74, 6) is 1.55. The number of fused-ring (bicyclic) bond motifs is 11. The van der Waals surface area contributed by atoms with Crippen molar-refractivity contribution in [3.05, 3.63) is 11.1 Å². The fourth-order valence-electron chi connectivity index (χ4n) is 5.62. The van der Waals surface area contributed by atoms with E-state index in [2.05, 4.69) is 0 Å². The zero-order valence-corrected chi connectivity index (χ0v) is 9.52. The van der Waals surface area contributed by atoms with E-state index >= 15 is 0 Å². The first kappa shape index (κ1) is 8.90. The second kappa shape index (κ2) is 2.50. The van der Waals surface area contributed by atoms with Crippen LogP contribution in [0.5, 0.6) is 0 Å². The van der Waals surface area contributed by atoms with Crippen molar-refractivity contribution >= 4 is 11.9 Å². The van der Waals surface area contributed by atoms with Gasteiger partial charge >= 0.3 is 11.9 Å². The molecular weight excluding hydrogens is 216 g/mol. The van der Waals surface area contributed by atoms with Crippen molar-refractivity contribution in [2.75, 3.05) is 0 Å². The Bertz CT molecular complexity index is 462. The second-order valence-corrected chi connectivity index (χ2v) is 6.36. The highest BCUT2D eigenvalue weighted by Gasteiger charge is 2.66. The van der Waals surface area contributed by atoms with Gasteiger partial charge in [-0.25, -0.2) is 0 Å². The summed E-state index contributed by atoms with van der Waals surface area (Å²) in [7, 11) is 0. The van der Waals surface area contributed by atoms with Crippen LogP contribution in [0.1, 0.15) is 25.7 Å². The Hall–Kier alpha value is -1.12. The summed E-state index contributed by atoms with van der Waals surface area (Å²) < 4.78 is 4.86. The van der Waals surface area contributed by atoms with E-state index in [-0.39, 0.29) is 23.8 Å². The SMILES string of the molecule is O=C1OC(=O)[C@@H]2[C@@H]1[C@H]1C[C@H]2C2=C1[C@H]1CC[C@H]2C1. The fraction of sp³-hybridized carbons (Fsp3) is 0.714. The van der Waals surface area contributed by atoms with Crippen molar-refractivity contribution in [1.29, 1.82) is 0 Å². The maximum atomic E-state index is 11.8. The van der Waals surface area contributed by atoms with Crippen LogP contribution in [0.4, 0.5) is 0 Å². The molecule has 3 fully saturated rings. The van der Waals surface area contributed by atoms with Gasteiger partial charge in [0.25, 0.3) is 0 Å². The highest BCUT2D eigenvalue weighted by molar-refractivity contribution is 5.98. The average molecular weight is 230 g/mol. The summed E-state index contributed by atoms with van der Waals surface area (Å²) in [5.41, 5.74) is 3.19. The molecule has 2 saturated carbocycles. The molecule has 1 saturated heterocycles. The third-order valence-corrected chi connectivity index (χ3v) is 5.95. The van der Waals surface area contributed by atoms with Gasteiger partial charge in [-0.2, -0.15) is 0 Å². The number of hydrogen-bond donors (Lipinski definition) is 0. The maximum Gasteiger partial charge on any atom is 0.318 e. The van der Waals surface area contributed by atoms with Crippen LogP contribution in [-0.4, -0.2) is 11.9 Å². The highest BCUT2D eigenvalue weighted by atomic mass is 16.6. The van der Waals surface area contributed by atoms with Crippen molar-refractivity contribution in [1.82, 2.24) is 0 Å². The fourth-order valence-corrected chi connectivity index (χ4v) is 5.62. The van der Waals surface area contributed by atoms with Crippen LogP contribution in [0.3, 0.4) is 0 Å². The van der Waals surface area contributed by atoms with Crippen molar-refractivity contribution in [3.8, 4) is 0 Å². The van der Waals surface area contributed by atoms with E-state index in [1.165, 1.54) is 19.3 Å². The molecule has 0 aromatic carbocycles. The molecule has 0 aromatic rings. The molecule has 6 atom stereocenters. The molecule has 3 nitrogen and oxygen atoms in total. The standard InChI is InChI=1S/C14H14O3/c15-13-11-7-4-8(12(11)14(16)17-13)10-6-2-1-5(3-6)9(7)10/h5-8,11-12H,1-4H2/t5-,6-,7-,8-,11-,12-/m0/s1. The zero-order chi connectivity index (χ0) is 11.3. The lowest BCUT2D eigenvalue weighted by Crippen LogP contribution is -2.29. The number of allylic oxidation sites excluding steroid dienone is 2. The van der Waals surface area contributed by atoms with E-state index in [0.29, 0.717) is 11.8 Å². The van der Waals surface area contributed by atoms with E-state index in [4.69, 9.17) is 4.74 Å². The lowest BCUT2D eigenvalue weighted by molar-refractivity contribution is -0.154.